The van der Waals surface area contributed by atoms with Gasteiger partial charge in [0.1, 0.15) is 0 Å². The number of hydrogen-bond acceptors (Lipinski definition) is 1. The van der Waals surface area contributed by atoms with Gasteiger partial charge in [0, 0.05) is 10.5 Å². The smallest absolute Gasteiger partial charge is 0.0326 e. The molecule has 0 aromatic heterocycles. The van der Waals surface area contributed by atoms with Gasteiger partial charge in [0.25, 0.3) is 0 Å². The van der Waals surface area contributed by atoms with E-state index in [0.717, 1.165) is 0 Å². The minimum atomic E-state index is 0.241. The quantitative estimate of drug-likeness (QED) is 0.865. The van der Waals surface area contributed by atoms with Crippen molar-refractivity contribution in [2.45, 2.75) is 39.2 Å². The van der Waals surface area contributed by atoms with Gasteiger partial charge in [-0.2, -0.15) is 0 Å². The largest absolute Gasteiger partial charge is 0.324 e. The first-order valence-electron chi connectivity index (χ1n) is 5.62. The summed E-state index contributed by atoms with van der Waals surface area (Å²) < 4.78 is 1.18. The van der Waals surface area contributed by atoms with Crippen molar-refractivity contribution in [3.05, 3.63) is 33.3 Å². The van der Waals surface area contributed by atoms with Crippen LogP contribution in [0.25, 0.3) is 0 Å². The molecule has 0 spiro atoms. The first kappa shape index (κ1) is 11.2. The summed E-state index contributed by atoms with van der Waals surface area (Å²) in [6.07, 6.45) is 3.96. The SMILES string of the molecule is Cc1cc(C(N)C2CCC2)c(C)cc1Br. The van der Waals surface area contributed by atoms with E-state index in [-0.39, 0.29) is 6.04 Å². The van der Waals surface area contributed by atoms with Gasteiger partial charge in [-0.05, 0) is 55.4 Å². The summed E-state index contributed by atoms with van der Waals surface area (Å²) in [5.74, 6) is 0.712. The molecule has 15 heavy (non-hydrogen) atoms. The predicted octanol–water partition coefficient (Wildman–Crippen LogP) is 3.87. The van der Waals surface area contributed by atoms with Crippen molar-refractivity contribution in [1.29, 1.82) is 0 Å². The first-order chi connectivity index (χ1) is 7.09. The summed E-state index contributed by atoms with van der Waals surface area (Å²) in [7, 11) is 0. The molecule has 0 aliphatic heterocycles. The minimum Gasteiger partial charge on any atom is -0.324 e. The van der Waals surface area contributed by atoms with Crippen molar-refractivity contribution in [2.24, 2.45) is 11.7 Å². The van der Waals surface area contributed by atoms with Crippen LogP contribution < -0.4 is 5.73 Å². The molecule has 1 atom stereocenters. The highest BCUT2D eigenvalue weighted by Crippen LogP contribution is 2.38. The Labute approximate surface area is 100 Å². The summed E-state index contributed by atoms with van der Waals surface area (Å²) in [6.45, 7) is 4.28. The number of hydrogen-bond donors (Lipinski definition) is 1. The van der Waals surface area contributed by atoms with E-state index in [1.165, 1.54) is 40.4 Å². The molecule has 1 nitrogen and oxygen atoms in total. The molecule has 0 saturated heterocycles. The van der Waals surface area contributed by atoms with Crippen LogP contribution in [0, 0.1) is 19.8 Å². The van der Waals surface area contributed by atoms with E-state index in [4.69, 9.17) is 5.73 Å². The Balaban J connectivity index is 2.30. The Kier molecular flexibility index (Phi) is 3.17. The Morgan fingerprint density at radius 1 is 1.27 bits per heavy atom. The van der Waals surface area contributed by atoms with Crippen molar-refractivity contribution < 1.29 is 0 Å². The van der Waals surface area contributed by atoms with Gasteiger partial charge in [-0.3, -0.25) is 0 Å². The third kappa shape index (κ3) is 2.11. The van der Waals surface area contributed by atoms with Crippen molar-refractivity contribution in [3.63, 3.8) is 0 Å². The predicted molar refractivity (Wildman–Crippen MR) is 67.9 cm³/mol. The summed E-state index contributed by atoms with van der Waals surface area (Å²) in [5.41, 5.74) is 10.2. The summed E-state index contributed by atoms with van der Waals surface area (Å²) >= 11 is 3.56. The molecule has 1 aliphatic rings. The molecule has 1 aromatic carbocycles. The van der Waals surface area contributed by atoms with Crippen LogP contribution in [0.15, 0.2) is 16.6 Å². The van der Waals surface area contributed by atoms with Crippen LogP contribution in [0.5, 0.6) is 0 Å². The lowest BCUT2D eigenvalue weighted by atomic mass is 9.76. The lowest BCUT2D eigenvalue weighted by Gasteiger charge is -2.32. The maximum absolute atomic E-state index is 6.30. The van der Waals surface area contributed by atoms with Crippen LogP contribution in [-0.2, 0) is 0 Å². The average Bonchev–Trinajstić information content (AvgIpc) is 2.08. The number of rotatable bonds is 2. The zero-order chi connectivity index (χ0) is 11.0. The molecular weight excluding hydrogens is 250 g/mol. The highest BCUT2D eigenvalue weighted by molar-refractivity contribution is 9.10. The summed E-state index contributed by atoms with van der Waals surface area (Å²) in [5, 5.41) is 0. The number of benzene rings is 1. The highest BCUT2D eigenvalue weighted by Gasteiger charge is 2.26. The number of nitrogens with two attached hydrogens (primary N) is 1. The molecule has 2 rings (SSSR count). The van der Waals surface area contributed by atoms with Gasteiger partial charge in [-0.15, -0.1) is 0 Å². The second-order valence-electron chi connectivity index (χ2n) is 4.67. The molecule has 2 heteroatoms. The fraction of sp³-hybridized carbons (Fsp3) is 0.538. The van der Waals surface area contributed by atoms with Gasteiger partial charge >= 0.3 is 0 Å². The van der Waals surface area contributed by atoms with E-state index in [0.29, 0.717) is 5.92 Å². The van der Waals surface area contributed by atoms with Gasteiger partial charge in [0.15, 0.2) is 0 Å². The first-order valence-corrected chi connectivity index (χ1v) is 6.41. The van der Waals surface area contributed by atoms with Crippen molar-refractivity contribution in [1.82, 2.24) is 0 Å². The molecule has 1 aliphatic carbocycles. The Bertz CT molecular complexity index is 369. The number of halogens is 1. The molecule has 0 amide bonds. The third-order valence-electron chi connectivity index (χ3n) is 3.56. The van der Waals surface area contributed by atoms with E-state index in [2.05, 4.69) is 41.9 Å². The highest BCUT2D eigenvalue weighted by atomic mass is 79.9. The van der Waals surface area contributed by atoms with Gasteiger partial charge in [0.2, 0.25) is 0 Å². The van der Waals surface area contributed by atoms with Crippen molar-refractivity contribution >= 4 is 15.9 Å². The van der Waals surface area contributed by atoms with E-state index < -0.39 is 0 Å². The lowest BCUT2D eigenvalue weighted by molar-refractivity contribution is 0.264. The topological polar surface area (TPSA) is 26.0 Å². The third-order valence-corrected chi connectivity index (χ3v) is 4.42. The van der Waals surface area contributed by atoms with Crippen LogP contribution >= 0.6 is 15.9 Å². The minimum absolute atomic E-state index is 0.241. The van der Waals surface area contributed by atoms with Gasteiger partial charge < -0.3 is 5.73 Å². The molecular formula is C13H18BrN. The zero-order valence-electron chi connectivity index (χ0n) is 9.39. The standard InChI is InChI=1S/C13H18BrN/c1-8-7-12(14)9(2)6-11(8)13(15)10-4-3-5-10/h6-7,10,13H,3-5,15H2,1-2H3. The van der Waals surface area contributed by atoms with Gasteiger partial charge in [-0.1, -0.05) is 28.4 Å². The fourth-order valence-corrected chi connectivity index (χ4v) is 2.67. The molecule has 0 heterocycles. The number of aryl methyl sites for hydroxylation is 2. The molecule has 1 unspecified atom stereocenters. The monoisotopic (exact) mass is 267 g/mol. The molecule has 82 valence electrons. The van der Waals surface area contributed by atoms with Gasteiger partial charge in [0.05, 0.1) is 0 Å². The maximum Gasteiger partial charge on any atom is 0.0326 e. The van der Waals surface area contributed by atoms with Crippen molar-refractivity contribution in [2.75, 3.05) is 0 Å². The van der Waals surface area contributed by atoms with E-state index in [9.17, 15) is 0 Å². The molecule has 0 bridgehead atoms. The lowest BCUT2D eigenvalue weighted by Crippen LogP contribution is -2.27. The fourth-order valence-electron chi connectivity index (χ4n) is 2.22. The van der Waals surface area contributed by atoms with Crippen LogP contribution in [0.3, 0.4) is 0 Å². The Hall–Kier alpha value is -0.340. The van der Waals surface area contributed by atoms with Crippen LogP contribution in [0.1, 0.15) is 42.0 Å². The summed E-state index contributed by atoms with van der Waals surface area (Å²) in [4.78, 5) is 0. The molecule has 1 saturated carbocycles. The van der Waals surface area contributed by atoms with E-state index in [1.807, 2.05) is 0 Å². The Morgan fingerprint density at radius 2 is 1.93 bits per heavy atom. The summed E-state index contributed by atoms with van der Waals surface area (Å²) in [6, 6.07) is 4.66. The van der Waals surface area contributed by atoms with Crippen LogP contribution in [0.4, 0.5) is 0 Å². The molecule has 1 aromatic rings. The van der Waals surface area contributed by atoms with Crippen LogP contribution in [-0.4, -0.2) is 0 Å². The van der Waals surface area contributed by atoms with Crippen molar-refractivity contribution in [3.8, 4) is 0 Å². The zero-order valence-corrected chi connectivity index (χ0v) is 11.0. The average molecular weight is 268 g/mol. The van der Waals surface area contributed by atoms with E-state index in [1.54, 1.807) is 0 Å². The normalized spacial score (nSPS) is 18.7. The molecule has 0 radical (unpaired) electrons. The maximum atomic E-state index is 6.30. The van der Waals surface area contributed by atoms with Gasteiger partial charge in [-0.25, -0.2) is 0 Å². The van der Waals surface area contributed by atoms with Crippen LogP contribution in [0.2, 0.25) is 0 Å². The Morgan fingerprint density at radius 3 is 2.47 bits per heavy atom. The van der Waals surface area contributed by atoms with E-state index >= 15 is 0 Å². The second kappa shape index (κ2) is 4.26. The molecule has 2 N–H and O–H groups in total. The second-order valence-corrected chi connectivity index (χ2v) is 5.53. The molecule has 1 fully saturated rings.